The molecule has 0 fully saturated rings. The summed E-state index contributed by atoms with van der Waals surface area (Å²) in [7, 11) is 0. The van der Waals surface area contributed by atoms with Gasteiger partial charge in [0, 0.05) is 21.4 Å². The molecule has 0 radical (unpaired) electrons. The fraction of sp³-hybridized carbons (Fsp3) is 0.231. The molecule has 1 heterocycles. The van der Waals surface area contributed by atoms with Gasteiger partial charge >= 0.3 is 0 Å². The van der Waals surface area contributed by atoms with Crippen LogP contribution in [0.15, 0.2) is 28.7 Å². The zero-order valence-corrected chi connectivity index (χ0v) is 11.7. The maximum Gasteiger partial charge on any atom is 0.143 e. The zero-order valence-electron chi connectivity index (χ0n) is 10.2. The first-order chi connectivity index (χ1) is 8.61. The van der Waals surface area contributed by atoms with E-state index in [1.165, 1.54) is 0 Å². The van der Waals surface area contributed by atoms with E-state index in [1.54, 1.807) is 0 Å². The van der Waals surface area contributed by atoms with Gasteiger partial charge in [0.15, 0.2) is 0 Å². The van der Waals surface area contributed by atoms with Crippen LogP contribution in [0.2, 0.25) is 0 Å². The van der Waals surface area contributed by atoms with Crippen LogP contribution in [0.1, 0.15) is 23.0 Å². The molecule has 2 aromatic rings. The molecule has 0 aliphatic heterocycles. The van der Waals surface area contributed by atoms with Crippen molar-refractivity contribution in [3.63, 3.8) is 0 Å². The molecule has 0 bridgehead atoms. The first-order valence-electron chi connectivity index (χ1n) is 5.55. The van der Waals surface area contributed by atoms with Gasteiger partial charge in [-0.15, -0.1) is 0 Å². The molecule has 1 aromatic heterocycles. The number of aromatic nitrogens is 2. The van der Waals surface area contributed by atoms with Crippen LogP contribution in [-0.2, 0) is 0 Å². The number of halogens is 1. The largest absolute Gasteiger partial charge is 0.366 e. The van der Waals surface area contributed by atoms with Gasteiger partial charge in [0.2, 0.25) is 0 Å². The molecule has 5 heteroatoms. The van der Waals surface area contributed by atoms with Crippen LogP contribution < -0.4 is 5.32 Å². The lowest BCUT2D eigenvalue weighted by Gasteiger charge is -2.13. The molecule has 0 aliphatic rings. The van der Waals surface area contributed by atoms with E-state index in [0.29, 0.717) is 0 Å². The summed E-state index contributed by atoms with van der Waals surface area (Å²) < 4.78 is 1.01. The molecule has 2 N–H and O–H groups in total. The number of anilines is 1. The first-order valence-corrected chi connectivity index (χ1v) is 6.34. The number of H-pyrrole nitrogens is 1. The van der Waals surface area contributed by atoms with Gasteiger partial charge in [-0.05, 0) is 38.1 Å². The predicted octanol–water partition coefficient (Wildman–Crippen LogP) is 3.47. The summed E-state index contributed by atoms with van der Waals surface area (Å²) in [5, 5.41) is 19.5. The minimum atomic E-state index is -0.398. The van der Waals surface area contributed by atoms with Gasteiger partial charge in [0.05, 0.1) is 11.8 Å². The Morgan fingerprint density at radius 3 is 2.50 bits per heavy atom. The Kier molecular flexibility index (Phi) is 3.68. The monoisotopic (exact) mass is 304 g/mol. The number of aryl methyl sites for hydroxylation is 2. The maximum absolute atomic E-state index is 9.30. The lowest BCUT2D eigenvalue weighted by atomic mass is 10.1. The molecule has 2 rings (SSSR count). The van der Waals surface area contributed by atoms with E-state index in [-0.39, 0.29) is 0 Å². The van der Waals surface area contributed by atoms with Crippen LogP contribution in [0.3, 0.4) is 0 Å². The highest BCUT2D eigenvalue weighted by Crippen LogP contribution is 2.24. The molecular formula is C13H13BrN4. The molecule has 1 unspecified atom stereocenters. The molecule has 0 saturated heterocycles. The summed E-state index contributed by atoms with van der Waals surface area (Å²) in [4.78, 5) is 0. The average molecular weight is 305 g/mol. The predicted molar refractivity (Wildman–Crippen MR) is 74.2 cm³/mol. The Labute approximate surface area is 114 Å². The van der Waals surface area contributed by atoms with Crippen molar-refractivity contribution in [1.29, 1.82) is 5.26 Å². The maximum atomic E-state index is 9.30. The summed E-state index contributed by atoms with van der Waals surface area (Å²) in [5.41, 5.74) is 3.59. The van der Waals surface area contributed by atoms with E-state index in [9.17, 15) is 5.26 Å². The first kappa shape index (κ1) is 12.7. The second-order valence-corrected chi connectivity index (χ2v) is 4.98. The van der Waals surface area contributed by atoms with Gasteiger partial charge < -0.3 is 5.32 Å². The Hall–Kier alpha value is -1.80. The molecule has 1 aromatic carbocycles. The second-order valence-electron chi connectivity index (χ2n) is 4.06. The SMILES string of the molecule is Cc1n[nH]c(C)c1C(C#N)Nc1ccc(Br)cc1. The van der Waals surface area contributed by atoms with Gasteiger partial charge in [-0.25, -0.2) is 0 Å². The molecule has 4 nitrogen and oxygen atoms in total. The number of aromatic amines is 1. The number of benzene rings is 1. The van der Waals surface area contributed by atoms with Gasteiger partial charge in [-0.1, -0.05) is 15.9 Å². The summed E-state index contributed by atoms with van der Waals surface area (Å²) in [6, 6.07) is 9.60. The van der Waals surface area contributed by atoms with E-state index in [2.05, 4.69) is 37.5 Å². The Balaban J connectivity index is 2.26. The average Bonchev–Trinajstić information content (AvgIpc) is 2.69. The molecule has 18 heavy (non-hydrogen) atoms. The van der Waals surface area contributed by atoms with Crippen LogP contribution in [-0.4, -0.2) is 10.2 Å². The number of nitriles is 1. The van der Waals surface area contributed by atoms with Gasteiger partial charge in [-0.2, -0.15) is 10.4 Å². The Morgan fingerprint density at radius 2 is 2.00 bits per heavy atom. The lowest BCUT2D eigenvalue weighted by Crippen LogP contribution is -2.10. The minimum Gasteiger partial charge on any atom is -0.366 e. The quantitative estimate of drug-likeness (QED) is 0.912. The van der Waals surface area contributed by atoms with Crippen molar-refractivity contribution >= 4 is 21.6 Å². The molecule has 0 aliphatic carbocycles. The normalized spacial score (nSPS) is 11.9. The van der Waals surface area contributed by atoms with Crippen molar-refractivity contribution in [2.24, 2.45) is 0 Å². The van der Waals surface area contributed by atoms with Crippen molar-refractivity contribution in [1.82, 2.24) is 10.2 Å². The third kappa shape index (κ3) is 2.54. The van der Waals surface area contributed by atoms with E-state index in [4.69, 9.17) is 0 Å². The Morgan fingerprint density at radius 1 is 1.33 bits per heavy atom. The van der Waals surface area contributed by atoms with E-state index >= 15 is 0 Å². The fourth-order valence-electron chi connectivity index (χ4n) is 1.87. The Bertz CT molecular complexity index is 561. The molecule has 0 amide bonds. The minimum absolute atomic E-state index is 0.398. The van der Waals surface area contributed by atoms with E-state index in [0.717, 1.165) is 27.1 Å². The number of rotatable bonds is 3. The van der Waals surface area contributed by atoms with Crippen LogP contribution in [0.4, 0.5) is 5.69 Å². The van der Waals surface area contributed by atoms with Crippen molar-refractivity contribution in [2.75, 3.05) is 5.32 Å². The fourth-order valence-corrected chi connectivity index (χ4v) is 2.13. The van der Waals surface area contributed by atoms with E-state index < -0.39 is 6.04 Å². The topological polar surface area (TPSA) is 64.5 Å². The highest BCUT2D eigenvalue weighted by Gasteiger charge is 2.17. The zero-order chi connectivity index (χ0) is 13.1. The van der Waals surface area contributed by atoms with Crippen LogP contribution in [0, 0.1) is 25.2 Å². The standard InChI is InChI=1S/C13H13BrN4/c1-8-13(9(2)18-17-8)12(7-15)16-11-5-3-10(14)4-6-11/h3-6,12,16H,1-2H3,(H,17,18). The molecule has 0 spiro atoms. The van der Waals surface area contributed by atoms with Gasteiger partial charge in [-0.3, -0.25) is 5.10 Å². The van der Waals surface area contributed by atoms with E-state index in [1.807, 2.05) is 38.1 Å². The summed E-state index contributed by atoms with van der Waals surface area (Å²) in [5.74, 6) is 0. The molecule has 92 valence electrons. The molecule has 0 saturated carbocycles. The number of hydrogen-bond acceptors (Lipinski definition) is 3. The van der Waals surface area contributed by atoms with Crippen molar-refractivity contribution in [3.05, 3.63) is 45.7 Å². The van der Waals surface area contributed by atoms with Crippen molar-refractivity contribution in [2.45, 2.75) is 19.9 Å². The second kappa shape index (κ2) is 5.23. The number of nitrogens with zero attached hydrogens (tertiary/aromatic N) is 2. The summed E-state index contributed by atoms with van der Waals surface area (Å²) >= 11 is 3.38. The third-order valence-electron chi connectivity index (χ3n) is 2.76. The third-order valence-corrected chi connectivity index (χ3v) is 3.29. The summed E-state index contributed by atoms with van der Waals surface area (Å²) in [6.07, 6.45) is 0. The molecular weight excluding hydrogens is 292 g/mol. The van der Waals surface area contributed by atoms with Crippen LogP contribution in [0.5, 0.6) is 0 Å². The number of hydrogen-bond donors (Lipinski definition) is 2. The molecule has 1 atom stereocenters. The van der Waals surface area contributed by atoms with Crippen LogP contribution >= 0.6 is 15.9 Å². The summed E-state index contributed by atoms with van der Waals surface area (Å²) in [6.45, 7) is 3.81. The highest BCUT2D eigenvalue weighted by atomic mass is 79.9. The smallest absolute Gasteiger partial charge is 0.143 e. The highest BCUT2D eigenvalue weighted by molar-refractivity contribution is 9.10. The van der Waals surface area contributed by atoms with Crippen LogP contribution in [0.25, 0.3) is 0 Å². The van der Waals surface area contributed by atoms with Crippen molar-refractivity contribution < 1.29 is 0 Å². The van der Waals surface area contributed by atoms with Gasteiger partial charge in [0.25, 0.3) is 0 Å². The van der Waals surface area contributed by atoms with Crippen molar-refractivity contribution in [3.8, 4) is 6.07 Å². The lowest BCUT2D eigenvalue weighted by molar-refractivity contribution is 0.968. The number of nitrogens with one attached hydrogen (secondary N) is 2. The van der Waals surface area contributed by atoms with Gasteiger partial charge in [0.1, 0.15) is 6.04 Å².